The van der Waals surface area contributed by atoms with E-state index in [-0.39, 0.29) is 0 Å². The molecule has 29 heavy (non-hydrogen) atoms. The third kappa shape index (κ3) is 6.57. The minimum absolute atomic E-state index is 0.465. The number of aryl methyl sites for hydroxylation is 2. The minimum atomic E-state index is 0.465. The normalized spacial score (nSPS) is 11.3. The SMILES string of the molecule is CN=C(NCCc1nc(C)c(C)s1)NCc1ccc(OCc2ccccn2)cc1. The molecule has 2 heterocycles. The molecule has 0 saturated heterocycles. The van der Waals surface area contributed by atoms with Gasteiger partial charge in [0.25, 0.3) is 0 Å². The number of hydrogen-bond donors (Lipinski definition) is 2. The van der Waals surface area contributed by atoms with Gasteiger partial charge in [-0.3, -0.25) is 9.98 Å². The Bertz CT molecular complexity index is 903. The summed E-state index contributed by atoms with van der Waals surface area (Å²) in [5.74, 6) is 1.61. The lowest BCUT2D eigenvalue weighted by Crippen LogP contribution is -2.37. The van der Waals surface area contributed by atoms with E-state index in [1.807, 2.05) is 30.3 Å². The van der Waals surface area contributed by atoms with Crippen LogP contribution in [0.15, 0.2) is 53.7 Å². The Morgan fingerprint density at radius 2 is 1.93 bits per heavy atom. The van der Waals surface area contributed by atoms with Crippen molar-refractivity contribution >= 4 is 17.3 Å². The Kier molecular flexibility index (Phi) is 7.58. The number of guanidine groups is 1. The highest BCUT2D eigenvalue weighted by Gasteiger charge is 2.04. The fourth-order valence-electron chi connectivity index (χ4n) is 2.68. The first kappa shape index (κ1) is 20.8. The molecular weight excluding hydrogens is 382 g/mol. The summed E-state index contributed by atoms with van der Waals surface area (Å²) < 4.78 is 5.78. The largest absolute Gasteiger partial charge is 0.487 e. The second kappa shape index (κ2) is 10.6. The number of aromatic nitrogens is 2. The Labute approximate surface area is 176 Å². The van der Waals surface area contributed by atoms with Crippen molar-refractivity contribution in [3.05, 3.63) is 75.5 Å². The van der Waals surface area contributed by atoms with Gasteiger partial charge in [-0.25, -0.2) is 4.98 Å². The van der Waals surface area contributed by atoms with E-state index in [4.69, 9.17) is 4.74 Å². The topological polar surface area (TPSA) is 71.4 Å². The van der Waals surface area contributed by atoms with Gasteiger partial charge in [-0.2, -0.15) is 0 Å². The smallest absolute Gasteiger partial charge is 0.191 e. The first-order chi connectivity index (χ1) is 14.1. The first-order valence-corrected chi connectivity index (χ1v) is 10.4. The van der Waals surface area contributed by atoms with Crippen molar-refractivity contribution in [2.45, 2.75) is 33.4 Å². The number of aliphatic imine (C=N–C) groups is 1. The number of benzene rings is 1. The molecule has 0 aliphatic heterocycles. The van der Waals surface area contributed by atoms with Gasteiger partial charge < -0.3 is 15.4 Å². The second-order valence-electron chi connectivity index (χ2n) is 6.61. The molecule has 0 unspecified atom stereocenters. The molecule has 152 valence electrons. The lowest BCUT2D eigenvalue weighted by molar-refractivity contribution is 0.301. The quantitative estimate of drug-likeness (QED) is 0.439. The van der Waals surface area contributed by atoms with Crippen LogP contribution in [0.3, 0.4) is 0 Å². The van der Waals surface area contributed by atoms with E-state index in [2.05, 4.69) is 51.6 Å². The van der Waals surface area contributed by atoms with Gasteiger partial charge in [0.2, 0.25) is 0 Å². The van der Waals surface area contributed by atoms with Crippen molar-refractivity contribution in [3.63, 3.8) is 0 Å². The molecule has 1 aromatic carbocycles. The lowest BCUT2D eigenvalue weighted by atomic mass is 10.2. The number of nitrogens with one attached hydrogen (secondary N) is 2. The van der Waals surface area contributed by atoms with Crippen LogP contribution in [0, 0.1) is 13.8 Å². The molecule has 0 atom stereocenters. The van der Waals surface area contributed by atoms with E-state index in [0.29, 0.717) is 13.2 Å². The van der Waals surface area contributed by atoms with E-state index in [9.17, 15) is 0 Å². The zero-order valence-corrected chi connectivity index (χ0v) is 17.9. The number of hydrogen-bond acceptors (Lipinski definition) is 5. The molecule has 0 fully saturated rings. The van der Waals surface area contributed by atoms with Gasteiger partial charge in [-0.1, -0.05) is 18.2 Å². The maximum atomic E-state index is 5.78. The van der Waals surface area contributed by atoms with Crippen molar-refractivity contribution in [1.82, 2.24) is 20.6 Å². The Morgan fingerprint density at radius 1 is 1.10 bits per heavy atom. The molecule has 0 spiro atoms. The van der Waals surface area contributed by atoms with Crippen LogP contribution in [0.5, 0.6) is 5.75 Å². The van der Waals surface area contributed by atoms with E-state index >= 15 is 0 Å². The summed E-state index contributed by atoms with van der Waals surface area (Å²) in [4.78, 5) is 14.4. The maximum absolute atomic E-state index is 5.78. The van der Waals surface area contributed by atoms with E-state index in [0.717, 1.165) is 46.6 Å². The molecule has 0 radical (unpaired) electrons. The summed E-state index contributed by atoms with van der Waals surface area (Å²) in [5.41, 5.74) is 3.19. The number of nitrogens with zero attached hydrogens (tertiary/aromatic N) is 3. The summed E-state index contributed by atoms with van der Waals surface area (Å²) in [7, 11) is 1.78. The summed E-state index contributed by atoms with van der Waals surface area (Å²) in [6, 6.07) is 13.9. The van der Waals surface area contributed by atoms with E-state index < -0.39 is 0 Å². The van der Waals surface area contributed by atoms with Crippen molar-refractivity contribution < 1.29 is 4.74 Å². The van der Waals surface area contributed by atoms with Gasteiger partial charge in [0, 0.05) is 37.6 Å². The molecule has 0 amide bonds. The summed E-state index contributed by atoms with van der Waals surface area (Å²) in [6.07, 6.45) is 2.66. The molecule has 6 nitrogen and oxygen atoms in total. The van der Waals surface area contributed by atoms with Crippen LogP contribution in [0.25, 0.3) is 0 Å². The summed E-state index contributed by atoms with van der Waals surface area (Å²) in [5, 5.41) is 7.83. The number of ether oxygens (including phenoxy) is 1. The molecular formula is C22H27N5OS. The number of pyridine rings is 1. The van der Waals surface area contributed by atoms with Crippen molar-refractivity contribution in [3.8, 4) is 5.75 Å². The monoisotopic (exact) mass is 409 g/mol. The average molecular weight is 410 g/mol. The molecule has 3 rings (SSSR count). The van der Waals surface area contributed by atoms with Crippen LogP contribution in [0.4, 0.5) is 0 Å². The summed E-state index contributed by atoms with van der Waals surface area (Å²) in [6.45, 7) is 6.12. The van der Waals surface area contributed by atoms with Crippen LogP contribution in [-0.4, -0.2) is 29.5 Å². The molecule has 7 heteroatoms. The molecule has 3 aromatic rings. The maximum Gasteiger partial charge on any atom is 0.191 e. The fraction of sp³-hybridized carbons (Fsp3) is 0.318. The zero-order chi connectivity index (χ0) is 20.5. The van der Waals surface area contributed by atoms with Crippen LogP contribution >= 0.6 is 11.3 Å². The molecule has 0 bridgehead atoms. The number of rotatable bonds is 8. The highest BCUT2D eigenvalue weighted by atomic mass is 32.1. The van der Waals surface area contributed by atoms with Gasteiger partial charge in [0.15, 0.2) is 5.96 Å². The van der Waals surface area contributed by atoms with Gasteiger partial charge in [-0.15, -0.1) is 11.3 Å². The zero-order valence-electron chi connectivity index (χ0n) is 17.1. The van der Waals surface area contributed by atoms with Crippen LogP contribution in [0.2, 0.25) is 0 Å². The standard InChI is InChI=1S/C22H27N5OS/c1-16-17(2)29-21(27-16)11-13-25-22(23-3)26-14-18-7-9-20(10-8-18)28-15-19-6-4-5-12-24-19/h4-10,12H,11,13-15H2,1-3H3,(H2,23,25,26). The molecule has 0 aliphatic rings. The third-order valence-electron chi connectivity index (χ3n) is 4.42. The third-order valence-corrected chi connectivity index (χ3v) is 5.56. The minimum Gasteiger partial charge on any atom is -0.487 e. The fourth-order valence-corrected chi connectivity index (χ4v) is 3.62. The van der Waals surface area contributed by atoms with Crippen molar-refractivity contribution in [1.29, 1.82) is 0 Å². The Balaban J connectivity index is 1.40. The van der Waals surface area contributed by atoms with Gasteiger partial charge in [0.05, 0.1) is 16.4 Å². The van der Waals surface area contributed by atoms with Crippen molar-refractivity contribution in [2.24, 2.45) is 4.99 Å². The van der Waals surface area contributed by atoms with Gasteiger partial charge >= 0.3 is 0 Å². The van der Waals surface area contributed by atoms with Crippen molar-refractivity contribution in [2.75, 3.05) is 13.6 Å². The van der Waals surface area contributed by atoms with Crippen LogP contribution in [0.1, 0.15) is 26.8 Å². The lowest BCUT2D eigenvalue weighted by Gasteiger charge is -2.12. The van der Waals surface area contributed by atoms with E-state index in [1.54, 1.807) is 24.6 Å². The highest BCUT2D eigenvalue weighted by Crippen LogP contribution is 2.16. The molecule has 2 N–H and O–H groups in total. The number of thiazole rings is 1. The first-order valence-electron chi connectivity index (χ1n) is 9.63. The van der Waals surface area contributed by atoms with Gasteiger partial charge in [0.1, 0.15) is 12.4 Å². The molecule has 0 saturated carbocycles. The second-order valence-corrected chi connectivity index (χ2v) is 7.89. The average Bonchev–Trinajstić information content (AvgIpc) is 3.07. The molecule has 0 aliphatic carbocycles. The van der Waals surface area contributed by atoms with Crippen LogP contribution in [-0.2, 0) is 19.6 Å². The Hall–Kier alpha value is -2.93. The molecule has 2 aromatic heterocycles. The predicted molar refractivity (Wildman–Crippen MR) is 119 cm³/mol. The van der Waals surface area contributed by atoms with Gasteiger partial charge in [-0.05, 0) is 43.7 Å². The Morgan fingerprint density at radius 3 is 2.59 bits per heavy atom. The van der Waals surface area contributed by atoms with E-state index in [1.165, 1.54) is 4.88 Å². The predicted octanol–water partition coefficient (Wildman–Crippen LogP) is 3.64. The summed E-state index contributed by atoms with van der Waals surface area (Å²) >= 11 is 1.76. The van der Waals surface area contributed by atoms with Crippen LogP contribution < -0.4 is 15.4 Å². The highest BCUT2D eigenvalue weighted by molar-refractivity contribution is 7.11.